The Morgan fingerprint density at radius 2 is 2.00 bits per heavy atom. The number of rotatable bonds is 5. The molecule has 0 saturated heterocycles. The van der Waals surface area contributed by atoms with Gasteiger partial charge in [-0.2, -0.15) is 0 Å². The molecule has 1 aromatic heterocycles. The first-order valence-corrected chi connectivity index (χ1v) is 7.11. The van der Waals surface area contributed by atoms with Gasteiger partial charge in [-0.15, -0.1) is 0 Å². The van der Waals surface area contributed by atoms with E-state index in [0.29, 0.717) is 5.54 Å². The molecule has 0 radical (unpaired) electrons. The minimum Gasteiger partial charge on any atom is -0.357 e. The lowest BCUT2D eigenvalue weighted by atomic mass is 9.80. The summed E-state index contributed by atoms with van der Waals surface area (Å²) in [5, 5.41) is 3.65. The lowest BCUT2D eigenvalue weighted by molar-refractivity contribution is 0.0984. The van der Waals surface area contributed by atoms with Gasteiger partial charge in [-0.1, -0.05) is 19.3 Å². The third kappa shape index (κ3) is 3.15. The largest absolute Gasteiger partial charge is 0.357 e. The first-order chi connectivity index (χ1) is 8.62. The van der Waals surface area contributed by atoms with Crippen LogP contribution in [0.1, 0.15) is 37.7 Å². The summed E-state index contributed by atoms with van der Waals surface area (Å²) >= 11 is 0. The molecule has 0 aliphatic heterocycles. The zero-order chi connectivity index (χ0) is 13.0. The topological polar surface area (TPSA) is 20.2 Å². The molecule has 1 aliphatic rings. The summed E-state index contributed by atoms with van der Waals surface area (Å²) in [6, 6.07) is 2.19. The van der Waals surface area contributed by atoms with Crippen LogP contribution in [0.5, 0.6) is 0 Å². The van der Waals surface area contributed by atoms with Crippen molar-refractivity contribution in [3.63, 3.8) is 0 Å². The summed E-state index contributed by atoms with van der Waals surface area (Å²) in [6.07, 6.45) is 11.1. The van der Waals surface area contributed by atoms with Gasteiger partial charge >= 0.3 is 0 Å². The summed E-state index contributed by atoms with van der Waals surface area (Å²) < 4.78 is 2.11. The van der Waals surface area contributed by atoms with E-state index < -0.39 is 0 Å². The number of nitrogens with zero attached hydrogens (tertiary/aromatic N) is 2. The highest BCUT2D eigenvalue weighted by Crippen LogP contribution is 2.31. The number of nitrogens with one attached hydrogen (secondary N) is 1. The number of hydrogen-bond acceptors (Lipinski definition) is 2. The lowest BCUT2D eigenvalue weighted by Gasteiger charge is -2.43. The van der Waals surface area contributed by atoms with Gasteiger partial charge in [-0.25, -0.2) is 0 Å². The molecule has 1 heterocycles. The molecule has 1 fully saturated rings. The maximum atomic E-state index is 3.65. The molecule has 1 N–H and O–H groups in total. The van der Waals surface area contributed by atoms with Gasteiger partial charge in [0, 0.05) is 38.1 Å². The SMILES string of the molecule is CN(C)C1(CNCc2ccn(C)c2)CCCCC1. The molecule has 1 aromatic rings. The molecule has 0 spiro atoms. The van der Waals surface area contributed by atoms with E-state index in [1.54, 1.807) is 0 Å². The fourth-order valence-electron chi connectivity index (χ4n) is 3.10. The predicted molar refractivity (Wildman–Crippen MR) is 76.6 cm³/mol. The molecule has 102 valence electrons. The molecule has 3 heteroatoms. The van der Waals surface area contributed by atoms with E-state index in [2.05, 4.69) is 54.4 Å². The molecule has 1 saturated carbocycles. The Kier molecular flexibility index (Phi) is 4.46. The summed E-state index contributed by atoms with van der Waals surface area (Å²) in [5.74, 6) is 0. The van der Waals surface area contributed by atoms with Crippen molar-refractivity contribution in [2.45, 2.75) is 44.2 Å². The Balaban J connectivity index is 1.86. The van der Waals surface area contributed by atoms with E-state index >= 15 is 0 Å². The van der Waals surface area contributed by atoms with E-state index in [0.717, 1.165) is 13.1 Å². The van der Waals surface area contributed by atoms with Crippen LogP contribution in [0.4, 0.5) is 0 Å². The molecule has 0 amide bonds. The van der Waals surface area contributed by atoms with Gasteiger partial charge in [0.15, 0.2) is 0 Å². The molecular weight excluding hydrogens is 222 g/mol. The number of hydrogen-bond donors (Lipinski definition) is 1. The number of aryl methyl sites for hydroxylation is 1. The maximum Gasteiger partial charge on any atom is 0.0328 e. The molecule has 0 atom stereocenters. The Bertz CT molecular complexity index is 362. The second-order valence-corrected chi connectivity index (χ2v) is 5.97. The smallest absolute Gasteiger partial charge is 0.0328 e. The third-order valence-corrected chi connectivity index (χ3v) is 4.41. The standard InChI is InChI=1S/C15H27N3/c1-17(2)15(8-5-4-6-9-15)13-16-11-14-7-10-18(3)12-14/h7,10,12,16H,4-6,8-9,11,13H2,1-3H3. The Morgan fingerprint density at radius 1 is 1.28 bits per heavy atom. The van der Waals surface area contributed by atoms with Crippen LogP contribution < -0.4 is 5.32 Å². The van der Waals surface area contributed by atoms with Gasteiger partial charge in [0.25, 0.3) is 0 Å². The van der Waals surface area contributed by atoms with Crippen molar-refractivity contribution in [2.24, 2.45) is 7.05 Å². The summed E-state index contributed by atoms with van der Waals surface area (Å²) in [7, 11) is 6.54. The monoisotopic (exact) mass is 249 g/mol. The lowest BCUT2D eigenvalue weighted by Crippen LogP contribution is -2.52. The van der Waals surface area contributed by atoms with Crippen LogP contribution in [0.3, 0.4) is 0 Å². The van der Waals surface area contributed by atoms with E-state index in [9.17, 15) is 0 Å². The highest BCUT2D eigenvalue weighted by Gasteiger charge is 2.33. The Morgan fingerprint density at radius 3 is 2.56 bits per heavy atom. The molecule has 18 heavy (non-hydrogen) atoms. The first kappa shape index (κ1) is 13.6. The van der Waals surface area contributed by atoms with Crippen LogP contribution in [-0.2, 0) is 13.6 Å². The van der Waals surface area contributed by atoms with Gasteiger partial charge in [-0.3, -0.25) is 0 Å². The highest BCUT2D eigenvalue weighted by molar-refractivity contribution is 5.09. The molecule has 0 bridgehead atoms. The van der Waals surface area contributed by atoms with Crippen LogP contribution in [0.2, 0.25) is 0 Å². The third-order valence-electron chi connectivity index (χ3n) is 4.41. The number of likely N-dealkylation sites (N-methyl/N-ethyl adjacent to an activating group) is 1. The molecule has 1 aliphatic carbocycles. The van der Waals surface area contributed by atoms with Crippen LogP contribution in [0.15, 0.2) is 18.5 Å². The number of aromatic nitrogens is 1. The van der Waals surface area contributed by atoms with Crippen LogP contribution in [0.25, 0.3) is 0 Å². The van der Waals surface area contributed by atoms with Gasteiger partial charge in [0.1, 0.15) is 0 Å². The van der Waals surface area contributed by atoms with E-state index in [4.69, 9.17) is 0 Å². The van der Waals surface area contributed by atoms with Gasteiger partial charge < -0.3 is 14.8 Å². The van der Waals surface area contributed by atoms with Crippen molar-refractivity contribution < 1.29 is 0 Å². The van der Waals surface area contributed by atoms with Gasteiger partial charge in [0.2, 0.25) is 0 Å². The first-order valence-electron chi connectivity index (χ1n) is 7.11. The average molecular weight is 249 g/mol. The summed E-state index contributed by atoms with van der Waals surface area (Å²) in [4.78, 5) is 2.43. The van der Waals surface area contributed by atoms with Crippen LogP contribution >= 0.6 is 0 Å². The van der Waals surface area contributed by atoms with Crippen molar-refractivity contribution in [3.05, 3.63) is 24.0 Å². The van der Waals surface area contributed by atoms with Crippen molar-refractivity contribution >= 4 is 0 Å². The molecule has 0 aromatic carbocycles. The average Bonchev–Trinajstić information content (AvgIpc) is 2.76. The summed E-state index contributed by atoms with van der Waals surface area (Å²) in [6.45, 7) is 2.09. The van der Waals surface area contributed by atoms with Crippen LogP contribution in [-0.4, -0.2) is 35.6 Å². The van der Waals surface area contributed by atoms with E-state index in [1.807, 2.05) is 0 Å². The van der Waals surface area contributed by atoms with Crippen molar-refractivity contribution in [3.8, 4) is 0 Å². The fraction of sp³-hybridized carbons (Fsp3) is 0.733. The highest BCUT2D eigenvalue weighted by atomic mass is 15.2. The minimum absolute atomic E-state index is 0.382. The van der Waals surface area contributed by atoms with Crippen LogP contribution in [0, 0.1) is 0 Å². The molecule has 2 rings (SSSR count). The van der Waals surface area contributed by atoms with E-state index in [-0.39, 0.29) is 0 Å². The minimum atomic E-state index is 0.382. The Labute approximate surface area is 111 Å². The maximum absolute atomic E-state index is 3.65. The Hall–Kier alpha value is -0.800. The zero-order valence-electron chi connectivity index (χ0n) is 12.1. The zero-order valence-corrected chi connectivity index (χ0v) is 12.1. The van der Waals surface area contributed by atoms with Gasteiger partial charge in [0.05, 0.1) is 0 Å². The van der Waals surface area contributed by atoms with Gasteiger partial charge in [-0.05, 0) is 38.6 Å². The van der Waals surface area contributed by atoms with Crippen molar-refractivity contribution in [1.29, 1.82) is 0 Å². The summed E-state index contributed by atoms with van der Waals surface area (Å²) in [5.41, 5.74) is 1.76. The fourth-order valence-corrected chi connectivity index (χ4v) is 3.10. The van der Waals surface area contributed by atoms with Crippen molar-refractivity contribution in [1.82, 2.24) is 14.8 Å². The second kappa shape index (κ2) is 5.89. The predicted octanol–water partition coefficient (Wildman–Crippen LogP) is 2.38. The molecule has 0 unspecified atom stereocenters. The van der Waals surface area contributed by atoms with Crippen molar-refractivity contribution in [2.75, 3.05) is 20.6 Å². The molecule has 3 nitrogen and oxygen atoms in total. The molecular formula is C15H27N3. The second-order valence-electron chi connectivity index (χ2n) is 5.97. The quantitative estimate of drug-likeness (QED) is 0.864. The van der Waals surface area contributed by atoms with E-state index in [1.165, 1.54) is 37.7 Å². The normalized spacial score (nSPS) is 19.3.